The van der Waals surface area contributed by atoms with Crippen LogP contribution in [0.4, 0.5) is 5.13 Å². The molecule has 1 N–H and O–H groups in total. The van der Waals surface area contributed by atoms with Crippen LogP contribution in [0.25, 0.3) is 32.6 Å². The standard InChI is InChI=1S/C19H11N3O2S2/c23-18(12-5-6-13-17(8-12)26-10-20-13)22-19-21-14(9-25-19)16-7-11-3-1-2-4-15(11)24-16/h1-10H,(H,21,22,23). The molecule has 3 aromatic heterocycles. The number of rotatable bonds is 3. The smallest absolute Gasteiger partial charge is 0.257 e. The second-order valence-corrected chi connectivity index (χ2v) is 7.42. The summed E-state index contributed by atoms with van der Waals surface area (Å²) >= 11 is 2.88. The van der Waals surface area contributed by atoms with Gasteiger partial charge in [-0.15, -0.1) is 22.7 Å². The van der Waals surface area contributed by atoms with Gasteiger partial charge >= 0.3 is 0 Å². The maximum atomic E-state index is 12.5. The van der Waals surface area contributed by atoms with Crippen LogP contribution in [0.1, 0.15) is 10.4 Å². The van der Waals surface area contributed by atoms with Gasteiger partial charge in [0.2, 0.25) is 0 Å². The third kappa shape index (κ3) is 2.67. The van der Waals surface area contributed by atoms with Crippen LogP contribution in [0.2, 0.25) is 0 Å². The summed E-state index contributed by atoms with van der Waals surface area (Å²) in [5, 5.41) is 6.29. The molecule has 0 aliphatic carbocycles. The van der Waals surface area contributed by atoms with Crippen molar-refractivity contribution in [3.63, 3.8) is 0 Å². The Hall–Kier alpha value is -3.03. The fourth-order valence-electron chi connectivity index (χ4n) is 2.72. The summed E-state index contributed by atoms with van der Waals surface area (Å²) in [6.45, 7) is 0. The highest BCUT2D eigenvalue weighted by Crippen LogP contribution is 2.30. The van der Waals surface area contributed by atoms with Crippen molar-refractivity contribution in [2.45, 2.75) is 0 Å². The Morgan fingerprint density at radius 1 is 1.08 bits per heavy atom. The van der Waals surface area contributed by atoms with Gasteiger partial charge < -0.3 is 4.42 Å². The van der Waals surface area contributed by atoms with E-state index in [2.05, 4.69) is 15.3 Å². The molecule has 7 heteroatoms. The van der Waals surface area contributed by atoms with Gasteiger partial charge in [0.25, 0.3) is 5.91 Å². The number of amides is 1. The number of aromatic nitrogens is 2. The summed E-state index contributed by atoms with van der Waals surface area (Å²) in [6, 6.07) is 15.2. The zero-order valence-electron chi connectivity index (χ0n) is 13.3. The summed E-state index contributed by atoms with van der Waals surface area (Å²) in [4.78, 5) is 21.2. The van der Waals surface area contributed by atoms with Crippen molar-refractivity contribution in [3.05, 3.63) is 65.0 Å². The molecule has 3 heterocycles. The fraction of sp³-hybridized carbons (Fsp3) is 0. The average Bonchev–Trinajstić information content (AvgIpc) is 3.39. The van der Waals surface area contributed by atoms with Crippen LogP contribution < -0.4 is 5.32 Å². The molecule has 5 nitrogen and oxygen atoms in total. The highest BCUT2D eigenvalue weighted by Gasteiger charge is 2.13. The van der Waals surface area contributed by atoms with Gasteiger partial charge in [0.05, 0.1) is 15.7 Å². The zero-order chi connectivity index (χ0) is 17.5. The van der Waals surface area contributed by atoms with Crippen LogP contribution in [0.15, 0.2) is 63.8 Å². The summed E-state index contributed by atoms with van der Waals surface area (Å²) in [6.07, 6.45) is 0. The Morgan fingerprint density at radius 3 is 2.92 bits per heavy atom. The quantitative estimate of drug-likeness (QED) is 0.456. The number of fused-ring (bicyclic) bond motifs is 2. The van der Waals surface area contributed by atoms with Crippen molar-refractivity contribution >= 4 is 54.9 Å². The van der Waals surface area contributed by atoms with E-state index < -0.39 is 0 Å². The number of para-hydroxylation sites is 1. The van der Waals surface area contributed by atoms with Crippen LogP contribution in [0, 0.1) is 0 Å². The van der Waals surface area contributed by atoms with Crippen molar-refractivity contribution in [1.82, 2.24) is 9.97 Å². The summed E-state index contributed by atoms with van der Waals surface area (Å²) in [7, 11) is 0. The van der Waals surface area contributed by atoms with Gasteiger partial charge in [0, 0.05) is 16.3 Å². The van der Waals surface area contributed by atoms with Gasteiger partial charge in [-0.1, -0.05) is 18.2 Å². The Morgan fingerprint density at radius 2 is 2.00 bits per heavy atom. The first kappa shape index (κ1) is 15.2. The molecule has 0 atom stereocenters. The number of thiazole rings is 2. The number of furan rings is 1. The number of nitrogens with zero attached hydrogens (tertiary/aromatic N) is 2. The van der Waals surface area contributed by atoms with E-state index in [9.17, 15) is 4.79 Å². The Bertz CT molecular complexity index is 1220. The third-order valence-corrected chi connectivity index (χ3v) is 5.55. The van der Waals surface area contributed by atoms with Gasteiger partial charge in [-0.2, -0.15) is 0 Å². The number of anilines is 1. The van der Waals surface area contributed by atoms with Crippen LogP contribution in [-0.4, -0.2) is 15.9 Å². The summed E-state index contributed by atoms with van der Waals surface area (Å²) in [5.41, 5.74) is 4.78. The number of carbonyl (C=O) groups is 1. The molecule has 0 radical (unpaired) electrons. The minimum absolute atomic E-state index is 0.189. The van der Waals surface area contributed by atoms with Crippen molar-refractivity contribution in [2.24, 2.45) is 0 Å². The van der Waals surface area contributed by atoms with Crippen molar-refractivity contribution in [3.8, 4) is 11.5 Å². The Balaban J connectivity index is 1.40. The lowest BCUT2D eigenvalue weighted by atomic mass is 10.2. The molecule has 0 aliphatic rings. The van der Waals surface area contributed by atoms with Crippen LogP contribution in [0.5, 0.6) is 0 Å². The SMILES string of the molecule is O=C(Nc1nc(-c2cc3ccccc3o2)cs1)c1ccc2ncsc2c1. The van der Waals surface area contributed by atoms with E-state index in [-0.39, 0.29) is 5.91 Å². The fourth-order valence-corrected chi connectivity index (χ4v) is 4.13. The first-order valence-electron chi connectivity index (χ1n) is 7.85. The van der Waals surface area contributed by atoms with Crippen molar-refractivity contribution in [2.75, 3.05) is 5.32 Å². The largest absolute Gasteiger partial charge is 0.454 e. The lowest BCUT2D eigenvalue weighted by molar-refractivity contribution is 0.102. The molecule has 5 rings (SSSR count). The van der Waals surface area contributed by atoms with Crippen LogP contribution in [-0.2, 0) is 0 Å². The first-order chi connectivity index (χ1) is 12.8. The minimum atomic E-state index is -0.189. The Kier molecular flexibility index (Phi) is 3.55. The maximum Gasteiger partial charge on any atom is 0.257 e. The minimum Gasteiger partial charge on any atom is -0.454 e. The normalized spacial score (nSPS) is 11.2. The van der Waals surface area contributed by atoms with E-state index in [0.29, 0.717) is 22.1 Å². The monoisotopic (exact) mass is 377 g/mol. The van der Waals surface area contributed by atoms with E-state index in [0.717, 1.165) is 21.2 Å². The molecule has 0 saturated carbocycles. The molecule has 26 heavy (non-hydrogen) atoms. The van der Waals surface area contributed by atoms with E-state index in [1.807, 2.05) is 47.8 Å². The highest BCUT2D eigenvalue weighted by atomic mass is 32.1. The van der Waals surface area contributed by atoms with Gasteiger partial charge in [0.1, 0.15) is 11.3 Å². The molecule has 0 saturated heterocycles. The molecule has 5 aromatic rings. The van der Waals surface area contributed by atoms with E-state index in [4.69, 9.17) is 4.42 Å². The molecule has 1 amide bonds. The molecule has 0 bridgehead atoms. The highest BCUT2D eigenvalue weighted by molar-refractivity contribution is 7.16. The van der Waals surface area contributed by atoms with Crippen molar-refractivity contribution in [1.29, 1.82) is 0 Å². The topological polar surface area (TPSA) is 68.0 Å². The second-order valence-electron chi connectivity index (χ2n) is 5.68. The van der Waals surface area contributed by atoms with Crippen molar-refractivity contribution < 1.29 is 9.21 Å². The number of hydrogen-bond donors (Lipinski definition) is 1. The van der Waals surface area contributed by atoms with Crippen LogP contribution >= 0.6 is 22.7 Å². The number of carbonyl (C=O) groups excluding carboxylic acids is 1. The molecule has 126 valence electrons. The molecule has 0 aliphatic heterocycles. The van der Waals surface area contributed by atoms with E-state index in [1.54, 1.807) is 11.6 Å². The number of hydrogen-bond acceptors (Lipinski definition) is 6. The van der Waals surface area contributed by atoms with Gasteiger partial charge in [-0.3, -0.25) is 10.1 Å². The Labute approximate surface area is 155 Å². The van der Waals surface area contributed by atoms with Gasteiger partial charge in [-0.25, -0.2) is 9.97 Å². The first-order valence-corrected chi connectivity index (χ1v) is 9.61. The number of benzene rings is 2. The second kappa shape index (κ2) is 6.05. The predicted octanol–water partition coefficient (Wildman–Crippen LogP) is 5.42. The lowest BCUT2D eigenvalue weighted by Gasteiger charge is -2.01. The third-order valence-electron chi connectivity index (χ3n) is 4.00. The molecular weight excluding hydrogens is 366 g/mol. The summed E-state index contributed by atoms with van der Waals surface area (Å²) < 4.78 is 6.81. The maximum absolute atomic E-state index is 12.5. The van der Waals surface area contributed by atoms with E-state index in [1.165, 1.54) is 22.7 Å². The molecule has 0 spiro atoms. The lowest BCUT2D eigenvalue weighted by Crippen LogP contribution is -2.11. The molecule has 0 fully saturated rings. The van der Waals surface area contributed by atoms with Gasteiger partial charge in [-0.05, 0) is 30.3 Å². The zero-order valence-corrected chi connectivity index (χ0v) is 14.9. The van der Waals surface area contributed by atoms with E-state index >= 15 is 0 Å². The summed E-state index contributed by atoms with van der Waals surface area (Å²) in [5.74, 6) is 0.500. The molecular formula is C19H11N3O2S2. The number of nitrogens with one attached hydrogen (secondary N) is 1. The predicted molar refractivity (Wildman–Crippen MR) is 105 cm³/mol. The average molecular weight is 377 g/mol. The molecule has 0 unspecified atom stereocenters. The van der Waals surface area contributed by atoms with Gasteiger partial charge in [0.15, 0.2) is 10.9 Å². The molecule has 2 aromatic carbocycles. The van der Waals surface area contributed by atoms with Crippen LogP contribution in [0.3, 0.4) is 0 Å².